The molecular weight excluding hydrogens is 391 g/mol. The fraction of sp³-hybridized carbons (Fsp3) is 0.182. The molecule has 3 rings (SSSR count). The van der Waals surface area contributed by atoms with Gasteiger partial charge in [0.2, 0.25) is 0 Å². The average molecular weight is 415 g/mol. The van der Waals surface area contributed by atoms with Crippen molar-refractivity contribution in [2.45, 2.75) is 6.92 Å². The van der Waals surface area contributed by atoms with Gasteiger partial charge in [0.05, 0.1) is 6.16 Å². The van der Waals surface area contributed by atoms with E-state index in [-0.39, 0.29) is 29.5 Å². The molecule has 1 atom stereocenters. The Kier molecular flexibility index (Phi) is 7.38. The molecule has 0 aliphatic heterocycles. The number of hydrogen-bond acceptors (Lipinski definition) is 1. The van der Waals surface area contributed by atoms with Gasteiger partial charge >= 0.3 is 0 Å². The van der Waals surface area contributed by atoms with Crippen molar-refractivity contribution in [1.82, 2.24) is 0 Å². The van der Waals surface area contributed by atoms with Gasteiger partial charge in [0.15, 0.2) is 0 Å². The van der Waals surface area contributed by atoms with Crippen molar-refractivity contribution in [2.75, 3.05) is 12.8 Å². The van der Waals surface area contributed by atoms with Gasteiger partial charge in [0.25, 0.3) is 0 Å². The fourth-order valence-corrected chi connectivity index (χ4v) is 7.96. The number of benzene rings is 3. The monoisotopic (exact) mass is 414 g/mol. The molecule has 0 heterocycles. The third kappa shape index (κ3) is 4.20. The molecule has 0 saturated heterocycles. The third-order valence-corrected chi connectivity index (χ3v) is 9.20. The lowest BCUT2D eigenvalue weighted by Crippen LogP contribution is -3.00. The van der Waals surface area contributed by atoms with Gasteiger partial charge in [-0.15, -0.1) is 0 Å². The lowest BCUT2D eigenvalue weighted by Gasteiger charge is -2.29. The smallest absolute Gasteiger partial charge is 0.112 e. The Morgan fingerprint density at radius 1 is 0.680 bits per heavy atom. The summed E-state index contributed by atoms with van der Waals surface area (Å²) in [7, 11) is -1.79. The lowest BCUT2D eigenvalue weighted by molar-refractivity contribution is -0.00000568. The Balaban J connectivity index is 0.00000225. The number of aliphatic hydroxyl groups is 1. The minimum Gasteiger partial charge on any atom is -1.00 e. The summed E-state index contributed by atoms with van der Waals surface area (Å²) < 4.78 is 0. The molecule has 1 N–H and O–H groups in total. The standard InChI is InChI=1S/C22H24OP.BrH/c1-19(17-23)18-24(20-11-5-2-6-12-20,21-13-7-3-8-14-21)22-15-9-4-10-16-22;/h2-16,19,23H,17-18H2,1H3;1H/q+1;/p-1/t19-;/m0./s1. The van der Waals surface area contributed by atoms with Crippen LogP contribution in [0.4, 0.5) is 0 Å². The second kappa shape index (κ2) is 9.29. The number of aliphatic hydroxyl groups excluding tert-OH is 1. The van der Waals surface area contributed by atoms with Crippen LogP contribution in [0.1, 0.15) is 6.92 Å². The first-order chi connectivity index (χ1) is 11.8. The van der Waals surface area contributed by atoms with E-state index in [1.165, 1.54) is 15.9 Å². The van der Waals surface area contributed by atoms with Crippen LogP contribution >= 0.6 is 7.26 Å². The van der Waals surface area contributed by atoms with E-state index >= 15 is 0 Å². The molecule has 3 heteroatoms. The van der Waals surface area contributed by atoms with Gasteiger partial charge in [0, 0.05) is 12.5 Å². The van der Waals surface area contributed by atoms with Gasteiger partial charge in [-0.1, -0.05) is 61.5 Å². The van der Waals surface area contributed by atoms with Gasteiger partial charge in [0.1, 0.15) is 23.2 Å². The summed E-state index contributed by atoms with van der Waals surface area (Å²) in [6.45, 7) is 2.36. The predicted molar refractivity (Wildman–Crippen MR) is 106 cm³/mol. The summed E-state index contributed by atoms with van der Waals surface area (Å²) in [6, 6.07) is 32.5. The van der Waals surface area contributed by atoms with Crippen molar-refractivity contribution in [3.63, 3.8) is 0 Å². The largest absolute Gasteiger partial charge is 1.00 e. The maximum absolute atomic E-state index is 9.76. The molecule has 0 bridgehead atoms. The maximum Gasteiger partial charge on any atom is 0.112 e. The van der Waals surface area contributed by atoms with Gasteiger partial charge in [-0.25, -0.2) is 0 Å². The van der Waals surface area contributed by atoms with Crippen LogP contribution in [0, 0.1) is 5.92 Å². The van der Waals surface area contributed by atoms with Gasteiger partial charge in [-0.05, 0) is 36.4 Å². The molecule has 130 valence electrons. The second-order valence-electron chi connectivity index (χ2n) is 6.29. The van der Waals surface area contributed by atoms with Crippen molar-refractivity contribution in [3.8, 4) is 0 Å². The fourth-order valence-electron chi connectivity index (χ4n) is 3.34. The molecule has 0 aliphatic carbocycles. The molecule has 0 radical (unpaired) electrons. The van der Waals surface area contributed by atoms with E-state index in [1.807, 2.05) is 0 Å². The third-order valence-electron chi connectivity index (χ3n) is 4.49. The Labute approximate surface area is 161 Å². The van der Waals surface area contributed by atoms with Crippen molar-refractivity contribution in [2.24, 2.45) is 5.92 Å². The molecule has 0 amide bonds. The molecule has 0 saturated carbocycles. The van der Waals surface area contributed by atoms with Crippen LogP contribution in [-0.4, -0.2) is 17.9 Å². The van der Waals surface area contributed by atoms with E-state index < -0.39 is 7.26 Å². The Bertz CT molecular complexity index is 650. The summed E-state index contributed by atoms with van der Waals surface area (Å²) in [5, 5.41) is 13.9. The van der Waals surface area contributed by atoms with E-state index in [0.717, 1.165) is 6.16 Å². The van der Waals surface area contributed by atoms with E-state index in [9.17, 15) is 5.11 Å². The highest BCUT2D eigenvalue weighted by Gasteiger charge is 2.45. The van der Waals surface area contributed by atoms with E-state index in [2.05, 4.69) is 97.9 Å². The second-order valence-corrected chi connectivity index (χ2v) is 9.82. The van der Waals surface area contributed by atoms with Crippen LogP contribution in [0.25, 0.3) is 0 Å². The first kappa shape index (κ1) is 19.8. The zero-order valence-electron chi connectivity index (χ0n) is 14.4. The number of rotatable bonds is 6. The molecule has 0 fully saturated rings. The molecule has 0 aromatic heterocycles. The predicted octanol–water partition coefficient (Wildman–Crippen LogP) is 0.613. The van der Waals surface area contributed by atoms with Gasteiger partial charge in [-0.3, -0.25) is 0 Å². The van der Waals surface area contributed by atoms with Crippen molar-refractivity contribution < 1.29 is 22.1 Å². The molecule has 3 aromatic carbocycles. The Hall–Kier alpha value is -1.47. The normalized spacial score (nSPS) is 12.2. The number of halogens is 1. The summed E-state index contributed by atoms with van der Waals surface area (Å²) in [4.78, 5) is 0. The minimum absolute atomic E-state index is 0. The van der Waals surface area contributed by atoms with Crippen LogP contribution in [0.5, 0.6) is 0 Å². The van der Waals surface area contributed by atoms with Crippen LogP contribution in [0.2, 0.25) is 0 Å². The zero-order valence-corrected chi connectivity index (χ0v) is 16.9. The van der Waals surface area contributed by atoms with Crippen LogP contribution < -0.4 is 32.9 Å². The first-order valence-electron chi connectivity index (χ1n) is 8.43. The number of hydrogen-bond donors (Lipinski definition) is 1. The van der Waals surface area contributed by atoms with E-state index in [1.54, 1.807) is 0 Å². The maximum atomic E-state index is 9.76. The Morgan fingerprint density at radius 2 is 1.00 bits per heavy atom. The highest BCUT2D eigenvalue weighted by molar-refractivity contribution is 7.95. The summed E-state index contributed by atoms with van der Waals surface area (Å²) in [6.07, 6.45) is 0.974. The topological polar surface area (TPSA) is 20.2 Å². The quantitative estimate of drug-likeness (QED) is 0.586. The molecule has 25 heavy (non-hydrogen) atoms. The van der Waals surface area contributed by atoms with Crippen LogP contribution in [0.3, 0.4) is 0 Å². The Morgan fingerprint density at radius 3 is 1.28 bits per heavy atom. The van der Waals surface area contributed by atoms with Crippen LogP contribution in [-0.2, 0) is 0 Å². The first-order valence-corrected chi connectivity index (χ1v) is 10.4. The molecule has 1 nitrogen and oxygen atoms in total. The van der Waals surface area contributed by atoms with Crippen LogP contribution in [0.15, 0.2) is 91.0 Å². The van der Waals surface area contributed by atoms with Gasteiger partial charge < -0.3 is 22.1 Å². The van der Waals surface area contributed by atoms with E-state index in [4.69, 9.17) is 0 Å². The minimum atomic E-state index is -1.79. The van der Waals surface area contributed by atoms with Crippen molar-refractivity contribution >= 4 is 23.2 Å². The average Bonchev–Trinajstić information content (AvgIpc) is 2.68. The van der Waals surface area contributed by atoms with Crippen molar-refractivity contribution in [3.05, 3.63) is 91.0 Å². The molecule has 0 spiro atoms. The zero-order chi connectivity index (χ0) is 16.8. The molecule has 3 aromatic rings. The SMILES string of the molecule is C[C@@H](CO)C[P+](c1ccccc1)(c1ccccc1)c1ccccc1.[Br-]. The molecule has 0 unspecified atom stereocenters. The summed E-state index contributed by atoms with van der Waals surface area (Å²) >= 11 is 0. The van der Waals surface area contributed by atoms with Crippen molar-refractivity contribution in [1.29, 1.82) is 0 Å². The highest BCUT2D eigenvalue weighted by atomic mass is 79.9. The van der Waals surface area contributed by atoms with Gasteiger partial charge in [-0.2, -0.15) is 0 Å². The summed E-state index contributed by atoms with van der Waals surface area (Å²) in [5.74, 6) is 0.249. The van der Waals surface area contributed by atoms with E-state index in [0.29, 0.717) is 0 Å². The lowest BCUT2D eigenvalue weighted by atomic mass is 10.2. The summed E-state index contributed by atoms with van der Waals surface area (Å²) in [5.41, 5.74) is 0. The highest BCUT2D eigenvalue weighted by Crippen LogP contribution is 2.56. The molecular formula is C22H24BrOP. The molecule has 0 aliphatic rings.